The molecule has 1 atom stereocenters. The Morgan fingerprint density at radius 2 is 2.38 bits per heavy atom. The van der Waals surface area contributed by atoms with Crippen molar-refractivity contribution in [3.63, 3.8) is 0 Å². The average molecular weight is 280 g/mol. The minimum absolute atomic E-state index is 0.577. The van der Waals surface area contributed by atoms with E-state index in [1.807, 2.05) is 6.20 Å². The van der Waals surface area contributed by atoms with Crippen LogP contribution in [0.5, 0.6) is 0 Å². The van der Waals surface area contributed by atoms with Crippen molar-refractivity contribution >= 4 is 21.4 Å². The maximum absolute atomic E-state index is 4.57. The first-order valence-corrected chi connectivity index (χ1v) is 6.34. The van der Waals surface area contributed by atoms with Gasteiger partial charge in [-0.2, -0.15) is 0 Å². The number of likely N-dealkylation sites (tertiary alicyclic amines) is 1. The van der Waals surface area contributed by atoms with Gasteiger partial charge < -0.3 is 9.30 Å². The first-order valence-electron chi connectivity index (χ1n) is 5.55. The summed E-state index contributed by atoms with van der Waals surface area (Å²) >= 11 is 3.49. The standard InChI is InChI=1S/C12H14BrN3/c1-15-4-2-9(8-15)12-14-7-11-6-10(13)3-5-16(11)12/h3,5-7,9H,2,4,8H2,1H3. The molecule has 0 aliphatic carbocycles. The van der Waals surface area contributed by atoms with Crippen LogP contribution in [0.25, 0.3) is 5.52 Å². The lowest BCUT2D eigenvalue weighted by molar-refractivity contribution is 0.409. The van der Waals surface area contributed by atoms with Crippen LogP contribution in [0.1, 0.15) is 18.2 Å². The van der Waals surface area contributed by atoms with Gasteiger partial charge in [0.05, 0.1) is 11.7 Å². The predicted molar refractivity (Wildman–Crippen MR) is 67.7 cm³/mol. The Bertz CT molecular complexity index is 520. The number of pyridine rings is 1. The van der Waals surface area contributed by atoms with E-state index in [0.717, 1.165) is 11.0 Å². The molecule has 0 spiro atoms. The van der Waals surface area contributed by atoms with Crippen molar-refractivity contribution in [1.29, 1.82) is 0 Å². The highest BCUT2D eigenvalue weighted by Gasteiger charge is 2.24. The maximum atomic E-state index is 4.57. The summed E-state index contributed by atoms with van der Waals surface area (Å²) in [5.74, 6) is 1.78. The lowest BCUT2D eigenvalue weighted by Gasteiger charge is -2.09. The van der Waals surface area contributed by atoms with Gasteiger partial charge in [0.2, 0.25) is 0 Å². The van der Waals surface area contributed by atoms with Gasteiger partial charge in [-0.25, -0.2) is 4.98 Å². The molecule has 3 rings (SSSR count). The number of imidazole rings is 1. The number of hydrogen-bond acceptors (Lipinski definition) is 2. The van der Waals surface area contributed by atoms with Crippen LogP contribution in [0.15, 0.2) is 29.0 Å². The summed E-state index contributed by atoms with van der Waals surface area (Å²) in [4.78, 5) is 6.93. The van der Waals surface area contributed by atoms with E-state index >= 15 is 0 Å². The summed E-state index contributed by atoms with van der Waals surface area (Å²) in [7, 11) is 2.17. The third-order valence-electron chi connectivity index (χ3n) is 3.28. The van der Waals surface area contributed by atoms with Crippen molar-refractivity contribution in [1.82, 2.24) is 14.3 Å². The van der Waals surface area contributed by atoms with Crippen LogP contribution >= 0.6 is 15.9 Å². The summed E-state index contributed by atoms with van der Waals surface area (Å²) in [5, 5.41) is 0. The Kier molecular flexibility index (Phi) is 2.48. The average Bonchev–Trinajstić information content (AvgIpc) is 2.83. The molecule has 0 saturated carbocycles. The van der Waals surface area contributed by atoms with E-state index in [-0.39, 0.29) is 0 Å². The first kappa shape index (κ1) is 10.3. The van der Waals surface area contributed by atoms with Crippen molar-refractivity contribution < 1.29 is 0 Å². The van der Waals surface area contributed by atoms with Gasteiger partial charge >= 0.3 is 0 Å². The Morgan fingerprint density at radius 3 is 3.12 bits per heavy atom. The number of halogens is 1. The van der Waals surface area contributed by atoms with Gasteiger partial charge in [0.15, 0.2) is 0 Å². The van der Waals surface area contributed by atoms with E-state index in [1.165, 1.54) is 24.3 Å². The van der Waals surface area contributed by atoms with Gasteiger partial charge in [0.1, 0.15) is 5.82 Å². The quantitative estimate of drug-likeness (QED) is 0.800. The van der Waals surface area contributed by atoms with Crippen LogP contribution in [0, 0.1) is 0 Å². The van der Waals surface area contributed by atoms with Crippen molar-refractivity contribution in [2.24, 2.45) is 0 Å². The van der Waals surface area contributed by atoms with Gasteiger partial charge in [-0.15, -0.1) is 0 Å². The highest BCUT2D eigenvalue weighted by molar-refractivity contribution is 9.10. The number of likely N-dealkylation sites (N-methyl/N-ethyl adjacent to an activating group) is 1. The minimum atomic E-state index is 0.577. The molecule has 0 aromatic carbocycles. The maximum Gasteiger partial charge on any atom is 0.117 e. The smallest absolute Gasteiger partial charge is 0.117 e. The van der Waals surface area contributed by atoms with E-state index in [2.05, 4.69) is 55.6 Å². The monoisotopic (exact) mass is 279 g/mol. The largest absolute Gasteiger partial charge is 0.306 e. The zero-order valence-electron chi connectivity index (χ0n) is 9.23. The molecule has 1 saturated heterocycles. The molecule has 16 heavy (non-hydrogen) atoms. The van der Waals surface area contributed by atoms with Crippen molar-refractivity contribution in [2.75, 3.05) is 20.1 Å². The minimum Gasteiger partial charge on any atom is -0.306 e. The molecule has 4 heteroatoms. The molecule has 2 aromatic heterocycles. The Balaban J connectivity index is 2.04. The highest BCUT2D eigenvalue weighted by atomic mass is 79.9. The topological polar surface area (TPSA) is 20.5 Å². The van der Waals surface area contributed by atoms with Gasteiger partial charge in [0.25, 0.3) is 0 Å². The summed E-state index contributed by atoms with van der Waals surface area (Å²) in [6.45, 7) is 2.30. The normalized spacial score (nSPS) is 22.0. The molecular weight excluding hydrogens is 266 g/mol. The number of rotatable bonds is 1. The van der Waals surface area contributed by atoms with E-state index in [1.54, 1.807) is 0 Å². The van der Waals surface area contributed by atoms with Gasteiger partial charge in [-0.05, 0) is 32.1 Å². The molecule has 1 aliphatic heterocycles. The number of fused-ring (bicyclic) bond motifs is 1. The molecular formula is C12H14BrN3. The summed E-state index contributed by atoms with van der Waals surface area (Å²) in [6, 6.07) is 4.17. The molecule has 1 aliphatic rings. The van der Waals surface area contributed by atoms with E-state index < -0.39 is 0 Å². The molecule has 0 amide bonds. The summed E-state index contributed by atoms with van der Waals surface area (Å²) < 4.78 is 3.31. The predicted octanol–water partition coefficient (Wildman–Crippen LogP) is 2.52. The van der Waals surface area contributed by atoms with Gasteiger partial charge in [0, 0.05) is 23.1 Å². The molecule has 3 nitrogen and oxygen atoms in total. The van der Waals surface area contributed by atoms with Crippen LogP contribution in [-0.2, 0) is 0 Å². The molecule has 0 radical (unpaired) electrons. The van der Waals surface area contributed by atoms with E-state index in [0.29, 0.717) is 5.92 Å². The molecule has 3 heterocycles. The van der Waals surface area contributed by atoms with Gasteiger partial charge in [-0.3, -0.25) is 0 Å². The first-order chi connectivity index (χ1) is 7.74. The third-order valence-corrected chi connectivity index (χ3v) is 3.77. The molecule has 84 valence electrons. The summed E-state index contributed by atoms with van der Waals surface area (Å²) in [5.41, 5.74) is 1.17. The SMILES string of the molecule is CN1CCC(c2ncc3cc(Br)ccn23)C1. The highest BCUT2D eigenvalue weighted by Crippen LogP contribution is 2.26. The molecule has 0 bridgehead atoms. The van der Waals surface area contributed by atoms with Crippen molar-refractivity contribution in [3.05, 3.63) is 34.8 Å². The van der Waals surface area contributed by atoms with Crippen molar-refractivity contribution in [3.8, 4) is 0 Å². The van der Waals surface area contributed by atoms with Crippen LogP contribution in [0.2, 0.25) is 0 Å². The fourth-order valence-corrected chi connectivity index (χ4v) is 2.79. The molecule has 0 N–H and O–H groups in total. The van der Waals surface area contributed by atoms with E-state index in [9.17, 15) is 0 Å². The fourth-order valence-electron chi connectivity index (χ4n) is 2.44. The Hall–Kier alpha value is -0.870. The third kappa shape index (κ3) is 1.66. The Morgan fingerprint density at radius 1 is 1.50 bits per heavy atom. The van der Waals surface area contributed by atoms with Gasteiger partial charge in [-0.1, -0.05) is 15.9 Å². The van der Waals surface area contributed by atoms with E-state index in [4.69, 9.17) is 0 Å². The lowest BCUT2D eigenvalue weighted by Crippen LogP contribution is -2.14. The van der Waals surface area contributed by atoms with Crippen LogP contribution < -0.4 is 0 Å². The van der Waals surface area contributed by atoms with Crippen LogP contribution in [0.3, 0.4) is 0 Å². The molecule has 1 unspecified atom stereocenters. The lowest BCUT2D eigenvalue weighted by atomic mass is 10.1. The number of nitrogens with zero attached hydrogens (tertiary/aromatic N) is 3. The number of hydrogen-bond donors (Lipinski definition) is 0. The zero-order valence-corrected chi connectivity index (χ0v) is 10.8. The second-order valence-corrected chi connectivity index (χ2v) is 5.42. The van der Waals surface area contributed by atoms with Crippen molar-refractivity contribution in [2.45, 2.75) is 12.3 Å². The van der Waals surface area contributed by atoms with Crippen LogP contribution in [-0.4, -0.2) is 34.4 Å². The van der Waals surface area contributed by atoms with Crippen LogP contribution in [0.4, 0.5) is 0 Å². The Labute approximate surface area is 103 Å². The number of aromatic nitrogens is 2. The zero-order chi connectivity index (χ0) is 11.1. The summed E-state index contributed by atoms with van der Waals surface area (Å²) in [6.07, 6.45) is 5.27. The second-order valence-electron chi connectivity index (χ2n) is 4.50. The molecule has 2 aromatic rings. The fraction of sp³-hybridized carbons (Fsp3) is 0.417. The second kappa shape index (κ2) is 3.86. The molecule has 1 fully saturated rings.